The lowest BCUT2D eigenvalue weighted by molar-refractivity contribution is -0.128. The predicted octanol–water partition coefficient (Wildman–Crippen LogP) is -2.09. The first kappa shape index (κ1) is 8.61. The van der Waals surface area contributed by atoms with Crippen LogP contribution < -0.4 is 0 Å². The summed E-state index contributed by atoms with van der Waals surface area (Å²) in [6.45, 7) is -0.282. The molecule has 11 heavy (non-hydrogen) atoms. The summed E-state index contributed by atoms with van der Waals surface area (Å²) in [4.78, 5) is 9.93. The van der Waals surface area contributed by atoms with Crippen molar-refractivity contribution in [2.45, 2.75) is 18.3 Å². The fourth-order valence-electron chi connectivity index (χ4n) is 0.527. The average molecular weight is 165 g/mol. The molecule has 0 aromatic heterocycles. The molecule has 0 saturated heterocycles. The summed E-state index contributed by atoms with van der Waals surface area (Å²) in [5.74, 6) is 0. The van der Waals surface area contributed by atoms with Gasteiger partial charge in [-0.2, -0.15) is 0 Å². The monoisotopic (exact) mass is 165 g/mol. The molecule has 0 bridgehead atoms. The van der Waals surface area contributed by atoms with Gasteiger partial charge in [0.05, 0.1) is 7.98 Å². The molecule has 0 fully saturated rings. The molecule has 0 aliphatic heterocycles. The second-order valence-corrected chi connectivity index (χ2v) is 2.06. The Kier molecular flexibility index (Phi) is 4.07. The smallest absolute Gasteiger partial charge is 0.151 e. The Morgan fingerprint density at radius 3 is 2.73 bits per heavy atom. The highest BCUT2D eigenvalue weighted by atomic mass is 16.5. The third kappa shape index (κ3) is 3.43. The van der Waals surface area contributed by atoms with E-state index in [4.69, 9.17) is 16.7 Å². The average Bonchev–Trinajstić information content (AvgIpc) is 2.11. The molecule has 0 rings (SSSR count). The van der Waals surface area contributed by atoms with Crippen molar-refractivity contribution in [2.75, 3.05) is 13.7 Å². The lowest BCUT2D eigenvalue weighted by atomic mass is 10.1. The minimum absolute atomic E-state index is 0.120. The summed E-state index contributed by atoms with van der Waals surface area (Å²) >= 11 is 0. The van der Waals surface area contributed by atoms with E-state index in [1.807, 2.05) is 0 Å². The number of aliphatic hydroxyl groups is 3. The van der Waals surface area contributed by atoms with E-state index in [2.05, 4.69) is 4.74 Å². The molecule has 66 valence electrons. The van der Waals surface area contributed by atoms with E-state index in [0.29, 0.717) is 0 Å². The van der Waals surface area contributed by atoms with Gasteiger partial charge in [-0.3, -0.25) is 0 Å². The van der Waals surface area contributed by atoms with E-state index < -0.39 is 18.3 Å². The molecule has 3 N–H and O–H groups in total. The number of ether oxygens (including phenoxy) is 1. The molecule has 0 aliphatic carbocycles. The Bertz CT molecular complexity index is 131. The maximum Gasteiger partial charge on any atom is 0.151 e. The molecule has 0 heterocycles. The first-order valence-corrected chi connectivity index (χ1v) is 3.00. The standard InChI is InChI=1S/C6H12O5/c1-11-3-5(9)6(10)4(8)2-7/h2,4-6,8-10H,3H2,1H3/t4-,5+,6-/m0/s1/i1D. The Balaban J connectivity index is 3.74. The minimum atomic E-state index is -1.62. The highest BCUT2D eigenvalue weighted by molar-refractivity contribution is 5.56. The van der Waals surface area contributed by atoms with Gasteiger partial charge >= 0.3 is 0 Å². The van der Waals surface area contributed by atoms with E-state index >= 15 is 0 Å². The largest absolute Gasteiger partial charge is 0.388 e. The van der Waals surface area contributed by atoms with Gasteiger partial charge in [0.15, 0.2) is 6.29 Å². The third-order valence-electron chi connectivity index (χ3n) is 1.17. The van der Waals surface area contributed by atoms with Crippen molar-refractivity contribution in [3.05, 3.63) is 0 Å². The fraction of sp³-hybridized carbons (Fsp3) is 0.833. The number of carbonyl (C=O) groups is 1. The van der Waals surface area contributed by atoms with Crippen LogP contribution in [0.5, 0.6) is 0 Å². The van der Waals surface area contributed by atoms with Gasteiger partial charge in [-0.25, -0.2) is 0 Å². The molecule has 0 saturated carbocycles. The van der Waals surface area contributed by atoms with Crippen LogP contribution >= 0.6 is 0 Å². The molecule has 0 amide bonds. The zero-order chi connectivity index (χ0) is 9.56. The summed E-state index contributed by atoms with van der Waals surface area (Å²) in [7, 11) is -0.346. The molecule has 0 spiro atoms. The van der Waals surface area contributed by atoms with Gasteiger partial charge in [0.2, 0.25) is 0 Å². The van der Waals surface area contributed by atoms with Crippen molar-refractivity contribution < 1.29 is 26.2 Å². The number of hydrogen-bond donors (Lipinski definition) is 3. The highest BCUT2D eigenvalue weighted by Crippen LogP contribution is 1.98. The number of aldehydes is 1. The summed E-state index contributed by atoms with van der Waals surface area (Å²) in [5.41, 5.74) is 0. The van der Waals surface area contributed by atoms with Crippen molar-refractivity contribution >= 4 is 6.29 Å². The molecule has 0 aromatic rings. The van der Waals surface area contributed by atoms with Crippen LogP contribution in [0.15, 0.2) is 0 Å². The molecule has 0 radical (unpaired) electrons. The Hall–Kier alpha value is -0.490. The van der Waals surface area contributed by atoms with Crippen LogP contribution in [-0.2, 0) is 9.53 Å². The van der Waals surface area contributed by atoms with E-state index in [1.165, 1.54) is 0 Å². The van der Waals surface area contributed by atoms with Gasteiger partial charge in [-0.05, 0) is 0 Å². The SMILES string of the molecule is [2H]COC[C@@H](O)[C@@H](O)[C@@H](O)C=O. The van der Waals surface area contributed by atoms with Gasteiger partial charge in [-0.15, -0.1) is 0 Å². The van der Waals surface area contributed by atoms with E-state index in [9.17, 15) is 4.79 Å². The fourth-order valence-corrected chi connectivity index (χ4v) is 0.527. The summed E-state index contributed by atoms with van der Waals surface area (Å²) in [6, 6.07) is 0. The van der Waals surface area contributed by atoms with Crippen molar-refractivity contribution in [1.82, 2.24) is 0 Å². The van der Waals surface area contributed by atoms with E-state index in [0.717, 1.165) is 0 Å². The lowest BCUT2D eigenvalue weighted by Gasteiger charge is -2.17. The zero-order valence-electron chi connectivity index (χ0n) is 6.88. The van der Waals surface area contributed by atoms with Crippen LogP contribution in [-0.4, -0.2) is 53.6 Å². The Morgan fingerprint density at radius 2 is 2.27 bits per heavy atom. The summed E-state index contributed by atoms with van der Waals surface area (Å²) in [6.07, 6.45) is -4.41. The molecule has 0 unspecified atom stereocenters. The minimum Gasteiger partial charge on any atom is -0.388 e. The number of carbonyl (C=O) groups excluding carboxylic acids is 1. The van der Waals surface area contributed by atoms with Gasteiger partial charge in [0.25, 0.3) is 0 Å². The van der Waals surface area contributed by atoms with Crippen LogP contribution in [0.1, 0.15) is 1.37 Å². The van der Waals surface area contributed by atoms with Crippen molar-refractivity contribution in [3.63, 3.8) is 0 Å². The quantitative estimate of drug-likeness (QED) is 0.407. The molecule has 3 atom stereocenters. The lowest BCUT2D eigenvalue weighted by Crippen LogP contribution is -2.40. The van der Waals surface area contributed by atoms with Gasteiger partial charge in [-0.1, -0.05) is 0 Å². The number of rotatable bonds is 5. The Labute approximate surface area is 65.6 Å². The van der Waals surface area contributed by atoms with Crippen LogP contribution in [0.3, 0.4) is 0 Å². The third-order valence-corrected chi connectivity index (χ3v) is 1.17. The number of hydrogen-bond acceptors (Lipinski definition) is 5. The van der Waals surface area contributed by atoms with Crippen LogP contribution in [0.4, 0.5) is 0 Å². The second-order valence-electron chi connectivity index (χ2n) is 2.06. The molecular formula is C6H12O5. The highest BCUT2D eigenvalue weighted by Gasteiger charge is 2.23. The summed E-state index contributed by atoms with van der Waals surface area (Å²) < 4.78 is 11.0. The maximum atomic E-state index is 9.93. The second kappa shape index (κ2) is 5.20. The Morgan fingerprint density at radius 1 is 1.64 bits per heavy atom. The number of methoxy groups -OCH3 is 1. The van der Waals surface area contributed by atoms with Crippen LogP contribution in [0.2, 0.25) is 0 Å². The van der Waals surface area contributed by atoms with Gasteiger partial charge in [0.1, 0.15) is 18.3 Å². The van der Waals surface area contributed by atoms with E-state index in [-0.39, 0.29) is 20.0 Å². The van der Waals surface area contributed by atoms with Crippen molar-refractivity contribution in [1.29, 1.82) is 0 Å². The predicted molar refractivity (Wildman–Crippen MR) is 36.0 cm³/mol. The zero-order valence-corrected chi connectivity index (χ0v) is 5.88. The van der Waals surface area contributed by atoms with Crippen molar-refractivity contribution in [3.8, 4) is 0 Å². The molecule has 0 aromatic carbocycles. The van der Waals surface area contributed by atoms with Crippen LogP contribution in [0, 0.1) is 0 Å². The normalized spacial score (nSPS) is 20.1. The van der Waals surface area contributed by atoms with Gasteiger partial charge in [0, 0.05) is 7.09 Å². The van der Waals surface area contributed by atoms with Gasteiger partial charge < -0.3 is 24.9 Å². The first-order chi connectivity index (χ1) is 5.63. The van der Waals surface area contributed by atoms with Crippen LogP contribution in [0.25, 0.3) is 0 Å². The van der Waals surface area contributed by atoms with Crippen molar-refractivity contribution in [2.24, 2.45) is 0 Å². The molecule has 5 nitrogen and oxygen atoms in total. The summed E-state index contributed by atoms with van der Waals surface area (Å²) in [5, 5.41) is 26.6. The molecular weight excluding hydrogens is 152 g/mol. The first-order valence-electron chi connectivity index (χ1n) is 3.70. The number of aliphatic hydroxyl groups excluding tert-OH is 3. The van der Waals surface area contributed by atoms with E-state index in [1.54, 1.807) is 0 Å². The molecule has 0 aliphatic rings. The maximum absolute atomic E-state index is 9.93. The topological polar surface area (TPSA) is 87.0 Å². The molecule has 5 heteroatoms.